The number of ether oxygens (including phenoxy) is 1. The molecule has 4 nitrogen and oxygen atoms in total. The van der Waals surface area contributed by atoms with Crippen LogP contribution < -0.4 is 9.64 Å². The number of aromatic nitrogens is 1. The van der Waals surface area contributed by atoms with Crippen molar-refractivity contribution in [2.75, 3.05) is 19.1 Å². The maximum atomic E-state index is 12.6. The van der Waals surface area contributed by atoms with Crippen LogP contribution in [-0.4, -0.2) is 25.0 Å². The summed E-state index contributed by atoms with van der Waals surface area (Å²) in [6.07, 6.45) is 0.337. The molecule has 0 spiro atoms. The second-order valence-corrected chi connectivity index (χ2v) is 6.78. The zero-order valence-electron chi connectivity index (χ0n) is 14.5. The van der Waals surface area contributed by atoms with E-state index in [4.69, 9.17) is 4.74 Å². The van der Waals surface area contributed by atoms with E-state index in [0.717, 1.165) is 32.6 Å². The molecule has 0 fully saturated rings. The molecule has 0 saturated heterocycles. The van der Waals surface area contributed by atoms with Gasteiger partial charge < -0.3 is 9.64 Å². The number of anilines is 1. The van der Waals surface area contributed by atoms with Crippen LogP contribution in [0.4, 0.5) is 5.69 Å². The fraction of sp³-hybridized carbons (Fsp3) is 0.200. The molecule has 0 aliphatic carbocycles. The van der Waals surface area contributed by atoms with Crippen molar-refractivity contribution in [2.24, 2.45) is 0 Å². The fourth-order valence-corrected chi connectivity index (χ4v) is 3.66. The largest absolute Gasteiger partial charge is 0.496 e. The SMILES string of the molecule is COc1ccccc1-c1nc(C)c(CC(=O)N(C)c2ccccc2)s1. The monoisotopic (exact) mass is 352 g/mol. The van der Waals surface area contributed by atoms with Gasteiger partial charge in [0.2, 0.25) is 5.91 Å². The minimum atomic E-state index is 0.0459. The summed E-state index contributed by atoms with van der Waals surface area (Å²) < 4.78 is 5.42. The van der Waals surface area contributed by atoms with Gasteiger partial charge >= 0.3 is 0 Å². The Morgan fingerprint density at radius 1 is 1.12 bits per heavy atom. The number of thiazole rings is 1. The Kier molecular flexibility index (Phi) is 5.14. The van der Waals surface area contributed by atoms with Crippen LogP contribution in [0.25, 0.3) is 10.6 Å². The molecule has 0 unspecified atom stereocenters. The van der Waals surface area contributed by atoms with E-state index in [1.54, 1.807) is 30.4 Å². The lowest BCUT2D eigenvalue weighted by Gasteiger charge is -2.16. The Balaban J connectivity index is 1.82. The van der Waals surface area contributed by atoms with Crippen LogP contribution in [0.5, 0.6) is 5.75 Å². The van der Waals surface area contributed by atoms with Crippen molar-refractivity contribution in [1.29, 1.82) is 0 Å². The first-order valence-corrected chi connectivity index (χ1v) is 8.83. The third-order valence-electron chi connectivity index (χ3n) is 4.06. The van der Waals surface area contributed by atoms with Gasteiger partial charge in [0.05, 0.1) is 24.8 Å². The Bertz CT molecular complexity index is 874. The highest BCUT2D eigenvalue weighted by atomic mass is 32.1. The number of nitrogens with zero attached hydrogens (tertiary/aromatic N) is 2. The van der Waals surface area contributed by atoms with Crippen molar-refractivity contribution in [3.8, 4) is 16.3 Å². The van der Waals surface area contributed by atoms with Crippen molar-refractivity contribution in [1.82, 2.24) is 4.98 Å². The first-order chi connectivity index (χ1) is 12.1. The Hall–Kier alpha value is -2.66. The van der Waals surface area contributed by atoms with E-state index in [-0.39, 0.29) is 5.91 Å². The van der Waals surface area contributed by atoms with E-state index in [9.17, 15) is 4.79 Å². The number of amides is 1. The summed E-state index contributed by atoms with van der Waals surface area (Å²) >= 11 is 1.54. The maximum absolute atomic E-state index is 12.6. The molecule has 128 valence electrons. The zero-order chi connectivity index (χ0) is 17.8. The number of benzene rings is 2. The molecule has 1 aromatic heterocycles. The normalized spacial score (nSPS) is 10.5. The summed E-state index contributed by atoms with van der Waals surface area (Å²) in [5.41, 5.74) is 2.73. The lowest BCUT2D eigenvalue weighted by atomic mass is 10.2. The number of para-hydroxylation sites is 2. The highest BCUT2D eigenvalue weighted by molar-refractivity contribution is 7.15. The predicted octanol–water partition coefficient (Wildman–Crippen LogP) is 4.33. The smallest absolute Gasteiger partial charge is 0.232 e. The second-order valence-electron chi connectivity index (χ2n) is 5.69. The standard InChI is InChI=1S/C20H20N2O2S/c1-14-18(13-19(23)22(2)15-9-5-4-6-10-15)25-20(21-14)16-11-7-8-12-17(16)24-3/h4-12H,13H2,1-3H3. The number of carbonyl (C=O) groups excluding carboxylic acids is 1. The van der Waals surface area contributed by atoms with Gasteiger partial charge in [0.25, 0.3) is 0 Å². The molecular formula is C20H20N2O2S. The lowest BCUT2D eigenvalue weighted by Crippen LogP contribution is -2.27. The highest BCUT2D eigenvalue weighted by Gasteiger charge is 2.18. The molecule has 1 heterocycles. The van der Waals surface area contributed by atoms with E-state index in [1.807, 2.05) is 61.5 Å². The molecule has 3 aromatic rings. The number of likely N-dealkylation sites (N-methyl/N-ethyl adjacent to an activating group) is 1. The van der Waals surface area contributed by atoms with Crippen LogP contribution in [0.1, 0.15) is 10.6 Å². The van der Waals surface area contributed by atoms with Crippen molar-refractivity contribution in [2.45, 2.75) is 13.3 Å². The Labute approximate surface area is 151 Å². The summed E-state index contributed by atoms with van der Waals surface area (Å²) in [5.74, 6) is 0.833. The third kappa shape index (κ3) is 3.72. The van der Waals surface area contributed by atoms with Crippen molar-refractivity contribution >= 4 is 22.9 Å². The molecular weight excluding hydrogens is 332 g/mol. The topological polar surface area (TPSA) is 42.4 Å². The van der Waals surface area contributed by atoms with Crippen LogP contribution in [0.3, 0.4) is 0 Å². The summed E-state index contributed by atoms with van der Waals surface area (Å²) in [4.78, 5) is 19.9. The molecule has 5 heteroatoms. The molecule has 0 radical (unpaired) electrons. The summed E-state index contributed by atoms with van der Waals surface area (Å²) in [7, 11) is 3.45. The molecule has 0 aliphatic heterocycles. The summed E-state index contributed by atoms with van der Waals surface area (Å²) in [6.45, 7) is 1.94. The molecule has 0 atom stereocenters. The maximum Gasteiger partial charge on any atom is 0.232 e. The number of hydrogen-bond donors (Lipinski definition) is 0. The van der Waals surface area contributed by atoms with Gasteiger partial charge in [-0.15, -0.1) is 11.3 Å². The lowest BCUT2D eigenvalue weighted by molar-refractivity contribution is -0.117. The van der Waals surface area contributed by atoms with Gasteiger partial charge in [0.1, 0.15) is 10.8 Å². The van der Waals surface area contributed by atoms with E-state index in [0.29, 0.717) is 6.42 Å². The highest BCUT2D eigenvalue weighted by Crippen LogP contribution is 2.34. The van der Waals surface area contributed by atoms with Gasteiger partial charge in [0, 0.05) is 17.6 Å². The molecule has 0 aliphatic rings. The average Bonchev–Trinajstić information content (AvgIpc) is 3.02. The van der Waals surface area contributed by atoms with Gasteiger partial charge in [0.15, 0.2) is 0 Å². The van der Waals surface area contributed by atoms with Gasteiger partial charge in [-0.3, -0.25) is 4.79 Å². The molecule has 25 heavy (non-hydrogen) atoms. The van der Waals surface area contributed by atoms with Crippen LogP contribution in [-0.2, 0) is 11.2 Å². The average molecular weight is 352 g/mol. The van der Waals surface area contributed by atoms with Crippen LogP contribution in [0.2, 0.25) is 0 Å². The van der Waals surface area contributed by atoms with Gasteiger partial charge in [-0.1, -0.05) is 30.3 Å². The first kappa shape index (κ1) is 17.2. The molecule has 1 amide bonds. The van der Waals surface area contributed by atoms with E-state index < -0.39 is 0 Å². The Morgan fingerprint density at radius 3 is 2.52 bits per heavy atom. The van der Waals surface area contributed by atoms with Gasteiger partial charge in [-0.2, -0.15) is 0 Å². The molecule has 2 aromatic carbocycles. The van der Waals surface area contributed by atoms with Crippen LogP contribution >= 0.6 is 11.3 Å². The van der Waals surface area contributed by atoms with Gasteiger partial charge in [-0.05, 0) is 31.2 Å². The molecule has 0 N–H and O–H groups in total. The van der Waals surface area contributed by atoms with Crippen molar-refractivity contribution in [3.63, 3.8) is 0 Å². The van der Waals surface area contributed by atoms with Crippen LogP contribution in [0, 0.1) is 6.92 Å². The number of rotatable bonds is 5. The molecule has 3 rings (SSSR count). The fourth-order valence-electron chi connectivity index (χ4n) is 2.58. The van der Waals surface area contributed by atoms with E-state index in [2.05, 4.69) is 4.98 Å². The predicted molar refractivity (Wildman–Crippen MR) is 102 cm³/mol. The van der Waals surface area contributed by atoms with E-state index >= 15 is 0 Å². The minimum Gasteiger partial charge on any atom is -0.496 e. The third-order valence-corrected chi connectivity index (χ3v) is 5.25. The van der Waals surface area contributed by atoms with E-state index in [1.165, 1.54) is 0 Å². The quantitative estimate of drug-likeness (QED) is 0.686. The second kappa shape index (κ2) is 7.49. The Morgan fingerprint density at radius 2 is 1.80 bits per heavy atom. The number of carbonyl (C=O) groups is 1. The number of methoxy groups -OCH3 is 1. The summed E-state index contributed by atoms with van der Waals surface area (Å²) in [5, 5.41) is 0.875. The number of aryl methyl sites for hydroxylation is 1. The zero-order valence-corrected chi connectivity index (χ0v) is 15.3. The van der Waals surface area contributed by atoms with Crippen LogP contribution in [0.15, 0.2) is 54.6 Å². The molecule has 0 bridgehead atoms. The van der Waals surface area contributed by atoms with Gasteiger partial charge in [-0.25, -0.2) is 4.98 Å². The van der Waals surface area contributed by atoms with Crippen molar-refractivity contribution in [3.05, 3.63) is 65.2 Å². The van der Waals surface area contributed by atoms with Crippen molar-refractivity contribution < 1.29 is 9.53 Å². The minimum absolute atomic E-state index is 0.0459. The first-order valence-electron chi connectivity index (χ1n) is 8.01. The molecule has 0 saturated carbocycles. The summed E-state index contributed by atoms with van der Waals surface area (Å²) in [6, 6.07) is 17.4. The number of hydrogen-bond acceptors (Lipinski definition) is 4.